The van der Waals surface area contributed by atoms with Crippen LogP contribution in [0.3, 0.4) is 0 Å². The van der Waals surface area contributed by atoms with E-state index < -0.39 is 53.9 Å². The lowest BCUT2D eigenvalue weighted by Crippen LogP contribution is -2.24. The van der Waals surface area contributed by atoms with E-state index in [-0.39, 0.29) is 6.54 Å². The Morgan fingerprint density at radius 2 is 1.29 bits per heavy atom. The monoisotopic (exact) mass is 384 g/mol. The molecule has 12 nitrogen and oxygen atoms in total. The summed E-state index contributed by atoms with van der Waals surface area (Å²) in [5.41, 5.74) is -3.92. The SMILES string of the molecule is COC(CNc1c([N+](=O)[O-])c(Cl)c([N+](=O)[O-])c(Cl)c1[N+](=O)[O-])OC. The molecular formula is C10H10Cl2N4O8. The number of hydrogen-bond donors (Lipinski definition) is 1. The van der Waals surface area contributed by atoms with E-state index in [4.69, 9.17) is 32.7 Å². The predicted molar refractivity (Wildman–Crippen MR) is 82.7 cm³/mol. The standard InChI is InChI=1S/C10H10Cl2N4O8/c1-23-4(24-2)3-13-7-9(15(19)20)5(11)8(14(17)18)6(12)10(7)16(21)22/h4,13H,3H2,1-2H3. The van der Waals surface area contributed by atoms with E-state index in [1.807, 2.05) is 0 Å². The highest BCUT2D eigenvalue weighted by Crippen LogP contribution is 2.51. The first-order chi connectivity index (χ1) is 11.2. The third-order valence-electron chi connectivity index (χ3n) is 2.82. The highest BCUT2D eigenvalue weighted by molar-refractivity contribution is 6.42. The molecule has 0 aliphatic carbocycles. The number of rotatable bonds is 8. The lowest BCUT2D eigenvalue weighted by molar-refractivity contribution is -0.401. The Balaban J connectivity index is 3.68. The minimum absolute atomic E-state index is 0.251. The van der Waals surface area contributed by atoms with Gasteiger partial charge in [-0.2, -0.15) is 0 Å². The molecule has 0 radical (unpaired) electrons. The molecule has 0 aromatic heterocycles. The summed E-state index contributed by atoms with van der Waals surface area (Å²) < 4.78 is 9.69. The van der Waals surface area contributed by atoms with Crippen LogP contribution in [0, 0.1) is 30.3 Å². The Kier molecular flexibility index (Phi) is 6.60. The van der Waals surface area contributed by atoms with Gasteiger partial charge in [-0.25, -0.2) is 0 Å². The Bertz CT molecular complexity index is 653. The van der Waals surface area contributed by atoms with Crippen LogP contribution in [-0.4, -0.2) is 41.8 Å². The van der Waals surface area contributed by atoms with Gasteiger partial charge in [0.25, 0.3) is 0 Å². The van der Waals surface area contributed by atoms with Crippen molar-refractivity contribution in [1.82, 2.24) is 0 Å². The summed E-state index contributed by atoms with van der Waals surface area (Å²) in [6, 6.07) is 0. The highest BCUT2D eigenvalue weighted by Gasteiger charge is 2.41. The molecule has 0 bridgehead atoms. The van der Waals surface area contributed by atoms with E-state index in [0.29, 0.717) is 0 Å². The zero-order valence-electron chi connectivity index (χ0n) is 12.1. The fraction of sp³-hybridized carbons (Fsp3) is 0.400. The van der Waals surface area contributed by atoms with E-state index in [2.05, 4.69) is 5.32 Å². The van der Waals surface area contributed by atoms with Crippen LogP contribution in [0.1, 0.15) is 0 Å². The number of nitro groups is 3. The van der Waals surface area contributed by atoms with Crippen molar-refractivity contribution in [2.24, 2.45) is 0 Å². The van der Waals surface area contributed by atoms with Gasteiger partial charge in [0.15, 0.2) is 12.0 Å². The summed E-state index contributed by atoms with van der Waals surface area (Å²) in [6.45, 7) is -0.251. The van der Waals surface area contributed by atoms with Gasteiger partial charge in [-0.1, -0.05) is 23.2 Å². The van der Waals surface area contributed by atoms with Gasteiger partial charge in [0.1, 0.15) is 0 Å². The number of nitro benzene ring substituents is 3. The van der Waals surface area contributed by atoms with Crippen molar-refractivity contribution in [2.75, 3.05) is 26.1 Å². The van der Waals surface area contributed by atoms with Crippen molar-refractivity contribution >= 4 is 46.0 Å². The maximum Gasteiger partial charge on any atom is 0.325 e. The second-order valence-corrected chi connectivity index (χ2v) is 4.86. The molecule has 0 heterocycles. The number of methoxy groups -OCH3 is 2. The van der Waals surface area contributed by atoms with Crippen molar-refractivity contribution in [1.29, 1.82) is 0 Å². The van der Waals surface area contributed by atoms with Crippen molar-refractivity contribution in [3.8, 4) is 0 Å². The van der Waals surface area contributed by atoms with Crippen LogP contribution in [0.15, 0.2) is 0 Å². The molecule has 132 valence electrons. The van der Waals surface area contributed by atoms with Crippen molar-refractivity contribution in [3.63, 3.8) is 0 Å². The van der Waals surface area contributed by atoms with Gasteiger partial charge in [0.2, 0.25) is 10.0 Å². The van der Waals surface area contributed by atoms with Crippen molar-refractivity contribution in [3.05, 3.63) is 40.4 Å². The molecule has 1 aromatic rings. The lowest BCUT2D eigenvalue weighted by Gasteiger charge is -2.15. The molecule has 0 fully saturated rings. The van der Waals surface area contributed by atoms with Gasteiger partial charge in [-0.05, 0) is 0 Å². The topological polar surface area (TPSA) is 160 Å². The Morgan fingerprint density at radius 3 is 1.58 bits per heavy atom. The predicted octanol–water partition coefficient (Wildman–Crippen LogP) is 2.75. The molecule has 24 heavy (non-hydrogen) atoms. The number of nitrogens with one attached hydrogen (secondary N) is 1. The highest BCUT2D eigenvalue weighted by atomic mass is 35.5. The van der Waals surface area contributed by atoms with Crippen LogP contribution in [-0.2, 0) is 9.47 Å². The normalized spacial score (nSPS) is 10.7. The molecular weight excluding hydrogens is 375 g/mol. The average Bonchev–Trinajstić information content (AvgIpc) is 2.46. The van der Waals surface area contributed by atoms with E-state index >= 15 is 0 Å². The Hall–Kier alpha value is -2.28. The zero-order valence-corrected chi connectivity index (χ0v) is 13.7. The zero-order chi connectivity index (χ0) is 18.6. The van der Waals surface area contributed by atoms with Crippen molar-refractivity contribution in [2.45, 2.75) is 6.29 Å². The minimum atomic E-state index is -1.14. The van der Waals surface area contributed by atoms with Gasteiger partial charge in [-0.3, -0.25) is 30.3 Å². The van der Waals surface area contributed by atoms with Crippen LogP contribution >= 0.6 is 23.2 Å². The molecule has 14 heteroatoms. The van der Waals surface area contributed by atoms with Gasteiger partial charge < -0.3 is 14.8 Å². The maximum atomic E-state index is 11.2. The van der Waals surface area contributed by atoms with E-state index in [0.717, 1.165) is 0 Å². The number of halogens is 2. The fourth-order valence-corrected chi connectivity index (χ4v) is 2.47. The summed E-state index contributed by atoms with van der Waals surface area (Å²) in [7, 11) is 2.54. The van der Waals surface area contributed by atoms with E-state index in [9.17, 15) is 30.3 Å². The second-order valence-electron chi connectivity index (χ2n) is 4.10. The molecule has 0 spiro atoms. The van der Waals surface area contributed by atoms with E-state index in [1.54, 1.807) is 0 Å². The molecule has 0 unspecified atom stereocenters. The molecule has 0 atom stereocenters. The van der Waals surface area contributed by atoms with Crippen LogP contribution < -0.4 is 5.32 Å². The smallest absolute Gasteiger partial charge is 0.325 e. The summed E-state index contributed by atoms with van der Waals surface area (Å²) in [5, 5.41) is 33.9. The van der Waals surface area contributed by atoms with Gasteiger partial charge >= 0.3 is 17.1 Å². The molecule has 0 aliphatic heterocycles. The molecule has 1 N–H and O–H groups in total. The molecule has 1 rings (SSSR count). The summed E-state index contributed by atoms with van der Waals surface area (Å²) in [4.78, 5) is 30.1. The average molecular weight is 385 g/mol. The van der Waals surface area contributed by atoms with Gasteiger partial charge in [0.05, 0.1) is 21.3 Å². The molecule has 0 amide bonds. The van der Waals surface area contributed by atoms with Crippen LogP contribution in [0.5, 0.6) is 0 Å². The first-order valence-corrected chi connectivity index (χ1v) is 6.70. The summed E-state index contributed by atoms with van der Waals surface area (Å²) >= 11 is 11.4. The number of anilines is 1. The molecule has 0 aliphatic rings. The number of ether oxygens (including phenoxy) is 2. The van der Waals surface area contributed by atoms with Gasteiger partial charge in [0, 0.05) is 14.2 Å². The van der Waals surface area contributed by atoms with Gasteiger partial charge in [-0.15, -0.1) is 0 Å². The third kappa shape index (κ3) is 3.79. The Labute approximate surface area is 143 Å². The number of nitrogens with zero attached hydrogens (tertiary/aromatic N) is 3. The molecule has 0 saturated heterocycles. The fourth-order valence-electron chi connectivity index (χ4n) is 1.77. The number of hydrogen-bond acceptors (Lipinski definition) is 9. The summed E-state index contributed by atoms with van der Waals surface area (Å²) in [5.74, 6) is 0. The first-order valence-electron chi connectivity index (χ1n) is 5.94. The largest absolute Gasteiger partial charge is 0.369 e. The minimum Gasteiger partial charge on any atom is -0.369 e. The number of benzene rings is 1. The first kappa shape index (κ1) is 19.8. The quantitative estimate of drug-likeness (QED) is 0.403. The summed E-state index contributed by atoms with van der Waals surface area (Å²) in [6.07, 6.45) is -0.906. The molecule has 1 aromatic carbocycles. The third-order valence-corrected chi connectivity index (χ3v) is 3.54. The van der Waals surface area contributed by atoms with Crippen LogP contribution in [0.2, 0.25) is 10.0 Å². The van der Waals surface area contributed by atoms with Crippen LogP contribution in [0.25, 0.3) is 0 Å². The lowest BCUT2D eigenvalue weighted by atomic mass is 10.2. The maximum absolute atomic E-state index is 11.2. The second kappa shape index (κ2) is 8.01. The Morgan fingerprint density at radius 1 is 0.917 bits per heavy atom. The molecule has 0 saturated carbocycles. The van der Waals surface area contributed by atoms with Crippen LogP contribution in [0.4, 0.5) is 22.7 Å². The van der Waals surface area contributed by atoms with E-state index in [1.165, 1.54) is 14.2 Å². The van der Waals surface area contributed by atoms with Crippen molar-refractivity contribution < 1.29 is 24.2 Å².